The summed E-state index contributed by atoms with van der Waals surface area (Å²) in [6.07, 6.45) is -0.696. The Morgan fingerprint density at radius 2 is 1.70 bits per heavy atom. The van der Waals surface area contributed by atoms with Crippen molar-refractivity contribution in [3.05, 3.63) is 0 Å². The zero-order valence-corrected chi connectivity index (χ0v) is 13.5. The zero-order valence-electron chi connectivity index (χ0n) is 12.6. The van der Waals surface area contributed by atoms with Crippen LogP contribution in [0.4, 0.5) is 4.79 Å². The topological polar surface area (TPSA) is 94.1 Å². The number of rotatable bonds is 8. The van der Waals surface area contributed by atoms with Gasteiger partial charge in [-0.3, -0.25) is 0 Å². The maximum absolute atomic E-state index is 11.6. The van der Waals surface area contributed by atoms with Gasteiger partial charge in [-0.1, -0.05) is 0 Å². The van der Waals surface area contributed by atoms with E-state index in [4.69, 9.17) is 18.9 Å². The second kappa shape index (κ2) is 9.10. The molecule has 0 rings (SSSR count). The van der Waals surface area contributed by atoms with Crippen LogP contribution in [0.25, 0.3) is 0 Å². The Balaban J connectivity index is 4.56. The van der Waals surface area contributed by atoms with Crippen LogP contribution >= 0.6 is 8.38 Å². The third-order valence-electron chi connectivity index (χ3n) is 1.87. The van der Waals surface area contributed by atoms with Crippen LogP contribution < -0.4 is 5.32 Å². The van der Waals surface area contributed by atoms with Gasteiger partial charge in [0, 0.05) is 6.16 Å². The minimum atomic E-state index is -1.35. The summed E-state index contributed by atoms with van der Waals surface area (Å²) in [5.41, 5.74) is -0.683. The number of hydrogen-bond acceptors (Lipinski definition) is 5. The first-order chi connectivity index (χ1) is 9.19. The van der Waals surface area contributed by atoms with Crippen molar-refractivity contribution < 1.29 is 28.5 Å². The largest absolute Gasteiger partial charge is 0.480 e. The van der Waals surface area contributed by atoms with Gasteiger partial charge in [-0.05, 0) is 34.6 Å². The molecule has 0 bridgehead atoms. The molecule has 1 unspecified atom stereocenters. The van der Waals surface area contributed by atoms with E-state index < -0.39 is 32.1 Å². The summed E-state index contributed by atoms with van der Waals surface area (Å²) in [6.45, 7) is 9.55. The van der Waals surface area contributed by atoms with E-state index in [1.165, 1.54) is 0 Å². The normalized spacial score (nSPS) is 13.1. The monoisotopic (exact) mass is 309 g/mol. The summed E-state index contributed by atoms with van der Waals surface area (Å²) in [4.78, 5) is 22.8. The number of carboxylic acids is 1. The lowest BCUT2D eigenvalue weighted by Crippen LogP contribution is -2.45. The molecule has 0 saturated heterocycles. The van der Waals surface area contributed by atoms with Crippen molar-refractivity contribution in [2.75, 3.05) is 19.4 Å². The molecule has 118 valence electrons. The van der Waals surface area contributed by atoms with E-state index in [0.717, 1.165) is 0 Å². The average molecular weight is 309 g/mol. The summed E-state index contributed by atoms with van der Waals surface area (Å²) >= 11 is 0. The zero-order chi connectivity index (χ0) is 15.8. The predicted molar refractivity (Wildman–Crippen MR) is 75.8 cm³/mol. The lowest BCUT2D eigenvalue weighted by molar-refractivity contribution is -0.138. The smallest absolute Gasteiger partial charge is 0.408 e. The summed E-state index contributed by atoms with van der Waals surface area (Å²) < 4.78 is 15.7. The van der Waals surface area contributed by atoms with Gasteiger partial charge >= 0.3 is 12.1 Å². The molecule has 0 aliphatic carbocycles. The molecule has 0 spiro atoms. The summed E-state index contributed by atoms with van der Waals surface area (Å²) in [5, 5.41) is 11.5. The Morgan fingerprint density at radius 1 is 1.20 bits per heavy atom. The van der Waals surface area contributed by atoms with Crippen molar-refractivity contribution in [3.8, 4) is 0 Å². The van der Waals surface area contributed by atoms with E-state index >= 15 is 0 Å². The minimum absolute atomic E-state index is 0.0750. The molecule has 1 amide bonds. The molecule has 7 nitrogen and oxygen atoms in total. The predicted octanol–water partition coefficient (Wildman–Crippen LogP) is 2.35. The van der Waals surface area contributed by atoms with Crippen molar-refractivity contribution in [3.63, 3.8) is 0 Å². The van der Waals surface area contributed by atoms with Gasteiger partial charge in [-0.15, -0.1) is 0 Å². The van der Waals surface area contributed by atoms with Crippen molar-refractivity contribution in [1.29, 1.82) is 0 Å². The van der Waals surface area contributed by atoms with Crippen LogP contribution in [0.3, 0.4) is 0 Å². The Kier molecular flexibility index (Phi) is 8.69. The van der Waals surface area contributed by atoms with Crippen molar-refractivity contribution in [2.45, 2.75) is 46.3 Å². The van der Waals surface area contributed by atoms with E-state index in [9.17, 15) is 9.59 Å². The molecular weight excluding hydrogens is 285 g/mol. The van der Waals surface area contributed by atoms with Gasteiger partial charge in [0.25, 0.3) is 0 Å². The highest BCUT2D eigenvalue weighted by Crippen LogP contribution is 2.38. The Labute approximate surface area is 120 Å². The van der Waals surface area contributed by atoms with Gasteiger partial charge < -0.3 is 24.2 Å². The standard InChI is InChI=1S/C12H24NO6P/c1-6-17-20(18-7-2)8-9(10(14)15)13-11(16)19-12(3,4)5/h9H,6-8H2,1-5H3,(H,13,16)(H,14,15). The molecule has 0 fully saturated rings. The summed E-state index contributed by atoms with van der Waals surface area (Å²) in [7, 11) is -1.35. The SMILES string of the molecule is CCOP(CC(NC(=O)OC(C)(C)C)C(=O)O)OCC. The van der Waals surface area contributed by atoms with Crippen LogP contribution in [-0.4, -0.2) is 48.2 Å². The van der Waals surface area contributed by atoms with Gasteiger partial charge in [0.2, 0.25) is 0 Å². The number of nitrogens with one attached hydrogen (secondary N) is 1. The number of carboxylic acid groups (broad SMARTS) is 1. The fourth-order valence-corrected chi connectivity index (χ4v) is 2.62. The molecule has 1 atom stereocenters. The fraction of sp³-hybridized carbons (Fsp3) is 0.833. The Bertz CT molecular complexity index is 312. The molecule has 2 N–H and O–H groups in total. The number of carbonyl (C=O) groups excluding carboxylic acids is 1. The summed E-state index contributed by atoms with van der Waals surface area (Å²) in [6, 6.07) is -1.10. The molecule has 0 aliphatic rings. The lowest BCUT2D eigenvalue weighted by Gasteiger charge is -2.23. The van der Waals surface area contributed by atoms with E-state index in [0.29, 0.717) is 13.2 Å². The van der Waals surface area contributed by atoms with Gasteiger partial charge in [0.05, 0.1) is 13.2 Å². The van der Waals surface area contributed by atoms with Gasteiger partial charge in [-0.2, -0.15) is 0 Å². The summed E-state index contributed by atoms with van der Waals surface area (Å²) in [5.74, 6) is -1.15. The molecule has 0 radical (unpaired) electrons. The lowest BCUT2D eigenvalue weighted by atomic mass is 10.2. The maximum atomic E-state index is 11.6. The van der Waals surface area contributed by atoms with Crippen LogP contribution in [0.1, 0.15) is 34.6 Å². The van der Waals surface area contributed by atoms with E-state index in [1.807, 2.05) is 0 Å². The second-order valence-corrected chi connectivity index (χ2v) is 6.43. The van der Waals surface area contributed by atoms with Crippen molar-refractivity contribution >= 4 is 20.4 Å². The van der Waals surface area contributed by atoms with Gasteiger partial charge in [-0.25, -0.2) is 9.59 Å². The number of carbonyl (C=O) groups is 2. The molecule has 0 aromatic heterocycles. The highest BCUT2D eigenvalue weighted by molar-refractivity contribution is 7.47. The fourth-order valence-electron chi connectivity index (χ4n) is 1.22. The molecule has 0 aromatic carbocycles. The number of amides is 1. The molecule has 0 aliphatic heterocycles. The van der Waals surface area contributed by atoms with Crippen LogP contribution in [0.5, 0.6) is 0 Å². The van der Waals surface area contributed by atoms with Gasteiger partial charge in [0.15, 0.2) is 8.38 Å². The van der Waals surface area contributed by atoms with Crippen molar-refractivity contribution in [1.82, 2.24) is 5.32 Å². The average Bonchev–Trinajstić information content (AvgIpc) is 2.25. The third kappa shape index (κ3) is 9.07. The van der Waals surface area contributed by atoms with Crippen LogP contribution in [0, 0.1) is 0 Å². The maximum Gasteiger partial charge on any atom is 0.408 e. The van der Waals surface area contributed by atoms with Gasteiger partial charge in [0.1, 0.15) is 11.6 Å². The van der Waals surface area contributed by atoms with Crippen LogP contribution in [0.2, 0.25) is 0 Å². The Hall–Kier alpha value is -0.910. The number of hydrogen-bond donors (Lipinski definition) is 2. The number of alkyl carbamates (subject to hydrolysis) is 1. The molecule has 20 heavy (non-hydrogen) atoms. The minimum Gasteiger partial charge on any atom is -0.480 e. The van der Waals surface area contributed by atoms with E-state index in [2.05, 4.69) is 5.32 Å². The molecule has 0 heterocycles. The number of aliphatic carboxylic acids is 1. The van der Waals surface area contributed by atoms with E-state index in [-0.39, 0.29) is 6.16 Å². The van der Waals surface area contributed by atoms with E-state index in [1.54, 1.807) is 34.6 Å². The molecule has 8 heteroatoms. The highest BCUT2D eigenvalue weighted by atomic mass is 31.2. The highest BCUT2D eigenvalue weighted by Gasteiger charge is 2.27. The quantitative estimate of drug-likeness (QED) is 0.668. The first-order valence-electron chi connectivity index (χ1n) is 6.45. The van der Waals surface area contributed by atoms with Crippen molar-refractivity contribution in [2.24, 2.45) is 0 Å². The number of ether oxygens (including phenoxy) is 1. The van der Waals surface area contributed by atoms with Crippen LogP contribution in [-0.2, 0) is 18.6 Å². The van der Waals surface area contributed by atoms with Crippen LogP contribution in [0.15, 0.2) is 0 Å². The Morgan fingerprint density at radius 3 is 2.05 bits per heavy atom. The molecule has 0 aromatic rings. The first kappa shape index (κ1) is 19.1. The second-order valence-electron chi connectivity index (χ2n) is 4.89. The third-order valence-corrected chi connectivity index (χ3v) is 3.62. The first-order valence-corrected chi connectivity index (χ1v) is 7.81. The molecular formula is C12H24NO6P. The molecule has 0 saturated carbocycles.